The Labute approximate surface area is 134 Å². The van der Waals surface area contributed by atoms with E-state index in [9.17, 15) is 4.79 Å². The summed E-state index contributed by atoms with van der Waals surface area (Å²) >= 11 is 3.32. The zero-order chi connectivity index (χ0) is 15.3. The fraction of sp³-hybridized carbons (Fsp3) is 0.562. The lowest BCUT2D eigenvalue weighted by atomic mass is 9.78. The second-order valence-corrected chi connectivity index (χ2v) is 6.47. The molecule has 1 saturated heterocycles. The van der Waals surface area contributed by atoms with Gasteiger partial charge in [-0.15, -0.1) is 0 Å². The molecule has 0 amide bonds. The summed E-state index contributed by atoms with van der Waals surface area (Å²) in [5.41, 5.74) is 0.145. The lowest BCUT2D eigenvalue weighted by molar-refractivity contribution is -0.0324. The normalized spacial score (nSPS) is 19.3. The second kappa shape index (κ2) is 7.38. The summed E-state index contributed by atoms with van der Waals surface area (Å²) in [6.45, 7) is 6.72. The summed E-state index contributed by atoms with van der Waals surface area (Å²) in [5.74, 6) is 0.877. The molecule has 2 rings (SSSR count). The van der Waals surface area contributed by atoms with Crippen LogP contribution in [0.4, 0.5) is 0 Å². The van der Waals surface area contributed by atoms with Crippen molar-refractivity contribution in [1.82, 2.24) is 5.32 Å². The Balaban J connectivity index is 2.07. The molecule has 1 aromatic rings. The first kappa shape index (κ1) is 16.5. The Hall–Kier alpha value is -0.910. The first-order chi connectivity index (χ1) is 10.1. The van der Waals surface area contributed by atoms with Gasteiger partial charge < -0.3 is 14.8 Å². The van der Waals surface area contributed by atoms with Gasteiger partial charge in [0.05, 0.1) is 24.7 Å². The third-order valence-corrected chi connectivity index (χ3v) is 4.10. The van der Waals surface area contributed by atoms with Gasteiger partial charge in [-0.3, -0.25) is 4.79 Å². The van der Waals surface area contributed by atoms with Crippen LogP contribution in [0.2, 0.25) is 0 Å². The van der Waals surface area contributed by atoms with Crippen LogP contribution in [0.15, 0.2) is 24.3 Å². The number of nitrogens with one attached hydrogen (secondary N) is 1. The molecule has 0 spiro atoms. The summed E-state index contributed by atoms with van der Waals surface area (Å²) < 4.78 is 11.2. The third-order valence-electron chi connectivity index (χ3n) is 3.78. The number of alkyl halides is 1. The van der Waals surface area contributed by atoms with Crippen molar-refractivity contribution in [3.05, 3.63) is 29.8 Å². The van der Waals surface area contributed by atoms with Crippen LogP contribution in [0, 0.1) is 5.41 Å². The van der Waals surface area contributed by atoms with Crippen LogP contribution in [0.25, 0.3) is 0 Å². The van der Waals surface area contributed by atoms with Crippen molar-refractivity contribution in [2.45, 2.75) is 20.0 Å². The van der Waals surface area contributed by atoms with Gasteiger partial charge in [-0.25, -0.2) is 0 Å². The van der Waals surface area contributed by atoms with E-state index in [0.717, 1.165) is 17.6 Å². The Bertz CT molecular complexity index is 467. The molecule has 1 fully saturated rings. The van der Waals surface area contributed by atoms with Gasteiger partial charge in [-0.1, -0.05) is 15.9 Å². The van der Waals surface area contributed by atoms with Crippen LogP contribution in [-0.2, 0) is 4.74 Å². The van der Waals surface area contributed by atoms with E-state index in [0.29, 0.717) is 25.3 Å². The molecular weight excluding hydrogens is 334 g/mol. The minimum Gasteiger partial charge on any atom is -0.493 e. The number of carbonyl (C=O) groups is 1. The van der Waals surface area contributed by atoms with E-state index in [2.05, 4.69) is 21.2 Å². The largest absolute Gasteiger partial charge is 0.493 e. The number of benzene rings is 1. The molecule has 1 heterocycles. The highest BCUT2D eigenvalue weighted by atomic mass is 79.9. The number of ether oxygens (including phenoxy) is 2. The number of hydrogen-bond acceptors (Lipinski definition) is 4. The smallest absolute Gasteiger partial charge is 0.171 e. The molecule has 0 radical (unpaired) electrons. The molecule has 1 aromatic carbocycles. The predicted molar refractivity (Wildman–Crippen MR) is 86.5 cm³/mol. The zero-order valence-electron chi connectivity index (χ0n) is 12.5. The summed E-state index contributed by atoms with van der Waals surface area (Å²) in [6.07, 6.45) is -0.0944. The van der Waals surface area contributed by atoms with Crippen molar-refractivity contribution in [2.24, 2.45) is 5.41 Å². The number of halogens is 1. The van der Waals surface area contributed by atoms with Crippen LogP contribution in [-0.4, -0.2) is 43.5 Å². The fourth-order valence-electron chi connectivity index (χ4n) is 2.41. The molecule has 0 aromatic heterocycles. The van der Waals surface area contributed by atoms with Crippen LogP contribution in [0.1, 0.15) is 24.2 Å². The summed E-state index contributed by atoms with van der Waals surface area (Å²) in [4.78, 5) is 12.7. The van der Waals surface area contributed by atoms with Crippen LogP contribution >= 0.6 is 15.9 Å². The van der Waals surface area contributed by atoms with Gasteiger partial charge in [0.1, 0.15) is 5.75 Å². The quantitative estimate of drug-likeness (QED) is 0.629. The van der Waals surface area contributed by atoms with Crippen molar-refractivity contribution in [1.29, 1.82) is 0 Å². The molecule has 0 saturated carbocycles. The molecule has 1 aliphatic rings. The van der Waals surface area contributed by atoms with Gasteiger partial charge in [0.15, 0.2) is 5.78 Å². The maximum absolute atomic E-state index is 12.7. The molecule has 116 valence electrons. The minimum absolute atomic E-state index is 0.0944. The van der Waals surface area contributed by atoms with Crippen molar-refractivity contribution < 1.29 is 14.3 Å². The van der Waals surface area contributed by atoms with Gasteiger partial charge in [-0.2, -0.15) is 0 Å². The first-order valence-corrected chi connectivity index (χ1v) is 8.34. The summed E-state index contributed by atoms with van der Waals surface area (Å²) in [6, 6.07) is 7.33. The Morgan fingerprint density at radius 1 is 1.43 bits per heavy atom. The molecular formula is C16H22BrNO3. The molecule has 1 aliphatic heterocycles. The van der Waals surface area contributed by atoms with Crippen molar-refractivity contribution in [3.8, 4) is 5.75 Å². The molecule has 1 unspecified atom stereocenters. The van der Waals surface area contributed by atoms with Crippen molar-refractivity contribution >= 4 is 21.7 Å². The Kier molecular flexibility index (Phi) is 5.79. The molecule has 0 aliphatic carbocycles. The molecule has 1 N–H and O–H groups in total. The number of rotatable bonds is 6. The summed E-state index contributed by atoms with van der Waals surface area (Å²) in [7, 11) is 0. The van der Waals surface area contributed by atoms with E-state index >= 15 is 0 Å². The SMILES string of the molecule is CC(C)(C(=O)c1ccc(OCCBr)cc1)C1CNCCO1. The monoisotopic (exact) mass is 355 g/mol. The zero-order valence-corrected chi connectivity index (χ0v) is 14.1. The van der Waals surface area contributed by atoms with E-state index in [1.54, 1.807) is 0 Å². The van der Waals surface area contributed by atoms with Gasteiger partial charge >= 0.3 is 0 Å². The van der Waals surface area contributed by atoms with E-state index in [-0.39, 0.29) is 11.9 Å². The lowest BCUT2D eigenvalue weighted by Crippen LogP contribution is -2.49. The van der Waals surface area contributed by atoms with Crippen molar-refractivity contribution in [2.75, 3.05) is 31.6 Å². The number of Topliss-reactive ketones (excluding diaryl/α,β-unsaturated/α-hetero) is 1. The highest BCUT2D eigenvalue weighted by Gasteiger charge is 2.38. The van der Waals surface area contributed by atoms with Crippen LogP contribution in [0.5, 0.6) is 5.75 Å². The highest BCUT2D eigenvalue weighted by Crippen LogP contribution is 2.29. The summed E-state index contributed by atoms with van der Waals surface area (Å²) in [5, 5.41) is 4.06. The maximum Gasteiger partial charge on any atom is 0.171 e. The Morgan fingerprint density at radius 2 is 2.14 bits per heavy atom. The van der Waals surface area contributed by atoms with Gasteiger partial charge in [0.2, 0.25) is 0 Å². The van der Waals surface area contributed by atoms with Gasteiger partial charge in [0.25, 0.3) is 0 Å². The van der Waals surface area contributed by atoms with E-state index in [1.807, 2.05) is 38.1 Å². The minimum atomic E-state index is -0.550. The maximum atomic E-state index is 12.7. The van der Waals surface area contributed by atoms with E-state index < -0.39 is 5.41 Å². The van der Waals surface area contributed by atoms with Crippen molar-refractivity contribution in [3.63, 3.8) is 0 Å². The van der Waals surface area contributed by atoms with Gasteiger partial charge in [-0.05, 0) is 38.1 Å². The number of hydrogen-bond donors (Lipinski definition) is 1. The topological polar surface area (TPSA) is 47.6 Å². The van der Waals surface area contributed by atoms with E-state index in [4.69, 9.17) is 9.47 Å². The number of morpholine rings is 1. The standard InChI is InChI=1S/C16H22BrNO3/c1-16(2,14-11-18-8-10-21-14)15(19)12-3-5-13(6-4-12)20-9-7-17/h3-6,14,18H,7-11H2,1-2H3. The highest BCUT2D eigenvalue weighted by molar-refractivity contribution is 9.09. The second-order valence-electron chi connectivity index (χ2n) is 5.68. The molecule has 21 heavy (non-hydrogen) atoms. The Morgan fingerprint density at radius 3 is 2.71 bits per heavy atom. The fourth-order valence-corrected chi connectivity index (χ4v) is 2.57. The average Bonchev–Trinajstić information content (AvgIpc) is 2.53. The number of carbonyl (C=O) groups excluding carboxylic acids is 1. The molecule has 5 heteroatoms. The first-order valence-electron chi connectivity index (χ1n) is 7.21. The predicted octanol–water partition coefficient (Wildman–Crippen LogP) is 2.66. The van der Waals surface area contributed by atoms with Crippen LogP contribution in [0.3, 0.4) is 0 Å². The number of ketones is 1. The molecule has 1 atom stereocenters. The third kappa shape index (κ3) is 4.05. The van der Waals surface area contributed by atoms with Gasteiger partial charge in [0, 0.05) is 24.0 Å². The van der Waals surface area contributed by atoms with Crippen LogP contribution < -0.4 is 10.1 Å². The lowest BCUT2D eigenvalue weighted by Gasteiger charge is -2.36. The molecule has 0 bridgehead atoms. The average molecular weight is 356 g/mol. The van der Waals surface area contributed by atoms with E-state index in [1.165, 1.54) is 0 Å². The molecule has 4 nitrogen and oxygen atoms in total.